The molecule has 5 aliphatic rings. The van der Waals surface area contributed by atoms with Crippen molar-refractivity contribution in [3.63, 3.8) is 0 Å². The van der Waals surface area contributed by atoms with Crippen LogP contribution in [0.3, 0.4) is 0 Å². The first-order valence-corrected chi connectivity index (χ1v) is 8.39. The largest absolute Gasteiger partial charge is 0.308 e. The van der Waals surface area contributed by atoms with Gasteiger partial charge in [0.1, 0.15) is 0 Å². The van der Waals surface area contributed by atoms with E-state index in [-0.39, 0.29) is 0 Å². The van der Waals surface area contributed by atoms with Gasteiger partial charge in [-0.15, -0.1) is 0 Å². The molecule has 0 spiro atoms. The van der Waals surface area contributed by atoms with Crippen molar-refractivity contribution >= 4 is 0 Å². The SMILES string of the molecule is CC1CNC(C)(C2CC2)CN1C1CN2CCC1CC2. The minimum absolute atomic E-state index is 0.401. The van der Waals surface area contributed by atoms with Crippen molar-refractivity contribution in [2.45, 2.75) is 57.2 Å². The fourth-order valence-electron chi connectivity index (χ4n) is 4.84. The molecular weight excluding hydrogens is 234 g/mol. The van der Waals surface area contributed by atoms with Crippen molar-refractivity contribution in [3.8, 4) is 0 Å². The van der Waals surface area contributed by atoms with Crippen LogP contribution in [0.5, 0.6) is 0 Å². The van der Waals surface area contributed by atoms with E-state index in [1.807, 2.05) is 0 Å². The predicted octanol–water partition coefficient (Wildman–Crippen LogP) is 1.54. The second-order valence-electron chi connectivity index (χ2n) is 7.80. The highest BCUT2D eigenvalue weighted by Gasteiger charge is 2.48. The third kappa shape index (κ3) is 2.14. The number of hydrogen-bond acceptors (Lipinski definition) is 3. The maximum atomic E-state index is 3.87. The highest BCUT2D eigenvalue weighted by molar-refractivity contribution is 5.06. The topological polar surface area (TPSA) is 18.5 Å². The molecule has 3 nitrogen and oxygen atoms in total. The fraction of sp³-hybridized carbons (Fsp3) is 1.00. The van der Waals surface area contributed by atoms with Gasteiger partial charge in [0.05, 0.1) is 0 Å². The summed E-state index contributed by atoms with van der Waals surface area (Å²) in [5, 5.41) is 3.87. The van der Waals surface area contributed by atoms with Gasteiger partial charge in [0.25, 0.3) is 0 Å². The van der Waals surface area contributed by atoms with Gasteiger partial charge in [-0.1, -0.05) is 0 Å². The van der Waals surface area contributed by atoms with E-state index in [1.165, 1.54) is 58.4 Å². The third-order valence-corrected chi connectivity index (χ3v) is 6.40. The second-order valence-corrected chi connectivity index (χ2v) is 7.80. The lowest BCUT2D eigenvalue weighted by atomic mass is 9.80. The van der Waals surface area contributed by atoms with Crippen molar-refractivity contribution in [1.82, 2.24) is 15.1 Å². The van der Waals surface area contributed by atoms with Crippen molar-refractivity contribution < 1.29 is 0 Å². The van der Waals surface area contributed by atoms with Crippen LogP contribution in [0.4, 0.5) is 0 Å². The molecule has 0 amide bonds. The summed E-state index contributed by atoms with van der Waals surface area (Å²) in [4.78, 5) is 5.58. The van der Waals surface area contributed by atoms with Gasteiger partial charge in [-0.05, 0) is 64.5 Å². The summed E-state index contributed by atoms with van der Waals surface area (Å²) < 4.78 is 0. The summed E-state index contributed by atoms with van der Waals surface area (Å²) in [6, 6.07) is 1.56. The minimum Gasteiger partial charge on any atom is -0.308 e. The summed E-state index contributed by atoms with van der Waals surface area (Å²) in [6.45, 7) is 11.4. The molecule has 0 aromatic heterocycles. The zero-order valence-electron chi connectivity index (χ0n) is 12.6. The van der Waals surface area contributed by atoms with Crippen molar-refractivity contribution in [2.75, 3.05) is 32.7 Å². The zero-order valence-corrected chi connectivity index (χ0v) is 12.6. The Kier molecular flexibility index (Phi) is 2.95. The Balaban J connectivity index is 1.52. The van der Waals surface area contributed by atoms with Gasteiger partial charge >= 0.3 is 0 Å². The summed E-state index contributed by atoms with van der Waals surface area (Å²) in [7, 11) is 0. The molecule has 4 heterocycles. The Bertz CT molecular complexity index is 346. The van der Waals surface area contributed by atoms with E-state index in [0.29, 0.717) is 5.54 Å². The summed E-state index contributed by atoms with van der Waals surface area (Å²) in [5.74, 6) is 1.93. The molecule has 4 saturated heterocycles. The Morgan fingerprint density at radius 1 is 1.11 bits per heavy atom. The van der Waals surface area contributed by atoms with E-state index in [9.17, 15) is 0 Å². The first kappa shape index (κ1) is 12.6. The van der Waals surface area contributed by atoms with Crippen molar-refractivity contribution in [1.29, 1.82) is 0 Å². The highest BCUT2D eigenvalue weighted by atomic mass is 15.3. The van der Waals surface area contributed by atoms with E-state index in [0.717, 1.165) is 23.9 Å². The molecule has 3 unspecified atom stereocenters. The second kappa shape index (κ2) is 4.44. The Labute approximate surface area is 117 Å². The maximum Gasteiger partial charge on any atom is 0.0309 e. The third-order valence-electron chi connectivity index (χ3n) is 6.40. The summed E-state index contributed by atoms with van der Waals surface area (Å²) in [6.07, 6.45) is 5.79. The Morgan fingerprint density at radius 2 is 1.84 bits per heavy atom. The van der Waals surface area contributed by atoms with Gasteiger partial charge < -0.3 is 10.2 Å². The number of rotatable bonds is 2. The van der Waals surface area contributed by atoms with Crippen LogP contribution in [0, 0.1) is 11.8 Å². The zero-order chi connectivity index (χ0) is 13.0. The van der Waals surface area contributed by atoms with Crippen LogP contribution in [-0.4, -0.2) is 60.1 Å². The van der Waals surface area contributed by atoms with Crippen LogP contribution in [0.1, 0.15) is 39.5 Å². The maximum absolute atomic E-state index is 3.87. The molecule has 2 bridgehead atoms. The van der Waals surface area contributed by atoms with Gasteiger partial charge in [-0.25, -0.2) is 0 Å². The van der Waals surface area contributed by atoms with Crippen molar-refractivity contribution in [3.05, 3.63) is 0 Å². The number of nitrogens with one attached hydrogen (secondary N) is 1. The number of fused-ring (bicyclic) bond motifs is 3. The first-order chi connectivity index (χ1) is 9.16. The molecule has 3 atom stereocenters. The quantitative estimate of drug-likeness (QED) is 0.815. The number of piperazine rings is 1. The lowest BCUT2D eigenvalue weighted by molar-refractivity contribution is -0.0417. The summed E-state index contributed by atoms with van der Waals surface area (Å²) >= 11 is 0. The summed E-state index contributed by atoms with van der Waals surface area (Å²) in [5.41, 5.74) is 0.401. The molecule has 19 heavy (non-hydrogen) atoms. The van der Waals surface area contributed by atoms with Crippen LogP contribution in [0.15, 0.2) is 0 Å². The molecule has 3 heteroatoms. The van der Waals surface area contributed by atoms with E-state index in [2.05, 4.69) is 29.0 Å². The molecule has 4 aliphatic heterocycles. The van der Waals surface area contributed by atoms with Crippen LogP contribution < -0.4 is 5.32 Å². The van der Waals surface area contributed by atoms with Crippen LogP contribution in [0.25, 0.3) is 0 Å². The van der Waals surface area contributed by atoms with E-state index < -0.39 is 0 Å². The lowest BCUT2D eigenvalue weighted by Crippen LogP contribution is -2.69. The fourth-order valence-corrected chi connectivity index (χ4v) is 4.84. The Morgan fingerprint density at radius 3 is 2.42 bits per heavy atom. The average Bonchev–Trinajstić information content (AvgIpc) is 3.28. The number of hydrogen-bond donors (Lipinski definition) is 1. The van der Waals surface area contributed by atoms with E-state index in [1.54, 1.807) is 0 Å². The van der Waals surface area contributed by atoms with Gasteiger partial charge in [0.15, 0.2) is 0 Å². The minimum atomic E-state index is 0.401. The molecule has 1 saturated carbocycles. The van der Waals surface area contributed by atoms with Gasteiger partial charge in [-0.2, -0.15) is 0 Å². The smallest absolute Gasteiger partial charge is 0.0309 e. The van der Waals surface area contributed by atoms with E-state index in [4.69, 9.17) is 0 Å². The number of piperidine rings is 3. The standard InChI is InChI=1S/C16H29N3/c1-12-9-17-16(2,14-3-4-14)11-19(12)15-10-18-7-5-13(15)6-8-18/h12-15,17H,3-11H2,1-2H3. The van der Waals surface area contributed by atoms with Crippen LogP contribution >= 0.6 is 0 Å². The van der Waals surface area contributed by atoms with Crippen LogP contribution in [-0.2, 0) is 0 Å². The number of nitrogens with zero attached hydrogens (tertiary/aromatic N) is 2. The Hall–Kier alpha value is -0.120. The monoisotopic (exact) mass is 263 g/mol. The average molecular weight is 263 g/mol. The molecule has 1 N–H and O–H groups in total. The van der Waals surface area contributed by atoms with Crippen molar-refractivity contribution in [2.24, 2.45) is 11.8 Å². The highest BCUT2D eigenvalue weighted by Crippen LogP contribution is 2.43. The predicted molar refractivity (Wildman–Crippen MR) is 78.3 cm³/mol. The molecule has 108 valence electrons. The molecule has 1 aliphatic carbocycles. The van der Waals surface area contributed by atoms with Crippen LogP contribution in [0.2, 0.25) is 0 Å². The molecule has 0 aromatic rings. The molecule has 0 aromatic carbocycles. The van der Waals surface area contributed by atoms with Gasteiger partial charge in [0.2, 0.25) is 0 Å². The van der Waals surface area contributed by atoms with Gasteiger partial charge in [-0.3, -0.25) is 4.90 Å². The molecular formula is C16H29N3. The lowest BCUT2D eigenvalue weighted by Gasteiger charge is -2.55. The molecule has 5 fully saturated rings. The normalized spacial score (nSPS) is 51.5. The van der Waals surface area contributed by atoms with Gasteiger partial charge in [0, 0.05) is 37.3 Å². The molecule has 5 rings (SSSR count). The first-order valence-electron chi connectivity index (χ1n) is 8.39. The van der Waals surface area contributed by atoms with E-state index >= 15 is 0 Å². The molecule has 0 radical (unpaired) electrons.